The molecule has 0 saturated carbocycles. The van der Waals surface area contributed by atoms with Crippen molar-refractivity contribution in [1.29, 1.82) is 0 Å². The molecular formula is C12H14ClIN2OS. The SMILES string of the molecule is CC(CS(C)=O)n1c(CCl)nc2cc(I)ccc21. The number of rotatable bonds is 4. The Morgan fingerprint density at radius 2 is 2.28 bits per heavy atom. The van der Waals surface area contributed by atoms with Crippen LogP contribution in [0.5, 0.6) is 0 Å². The lowest BCUT2D eigenvalue weighted by molar-refractivity contribution is 0.594. The van der Waals surface area contributed by atoms with Crippen LogP contribution in [0.25, 0.3) is 11.0 Å². The van der Waals surface area contributed by atoms with Gasteiger partial charge in [-0.2, -0.15) is 0 Å². The molecule has 2 rings (SSSR count). The summed E-state index contributed by atoms with van der Waals surface area (Å²) in [5.74, 6) is 1.82. The Labute approximate surface area is 128 Å². The van der Waals surface area contributed by atoms with Gasteiger partial charge in [0.25, 0.3) is 0 Å². The maximum Gasteiger partial charge on any atom is 0.125 e. The summed E-state index contributed by atoms with van der Waals surface area (Å²) in [6.45, 7) is 2.05. The molecule has 3 nitrogen and oxygen atoms in total. The van der Waals surface area contributed by atoms with E-state index < -0.39 is 10.8 Å². The minimum atomic E-state index is -0.831. The van der Waals surface area contributed by atoms with Crippen molar-refractivity contribution in [3.63, 3.8) is 0 Å². The second-order valence-electron chi connectivity index (χ2n) is 4.25. The van der Waals surface area contributed by atoms with Crippen LogP contribution in [0.15, 0.2) is 18.2 Å². The fourth-order valence-electron chi connectivity index (χ4n) is 2.12. The van der Waals surface area contributed by atoms with Crippen molar-refractivity contribution in [1.82, 2.24) is 9.55 Å². The number of hydrogen-bond donors (Lipinski definition) is 0. The van der Waals surface area contributed by atoms with Gasteiger partial charge in [0, 0.05) is 32.4 Å². The van der Waals surface area contributed by atoms with Crippen molar-refractivity contribution >= 4 is 56.0 Å². The molecule has 0 spiro atoms. The maximum atomic E-state index is 11.4. The molecular weight excluding hydrogens is 383 g/mol. The van der Waals surface area contributed by atoms with Gasteiger partial charge in [-0.15, -0.1) is 11.6 Å². The monoisotopic (exact) mass is 396 g/mol. The zero-order valence-electron chi connectivity index (χ0n) is 10.2. The Morgan fingerprint density at radius 1 is 1.56 bits per heavy atom. The fraction of sp³-hybridized carbons (Fsp3) is 0.417. The number of benzene rings is 1. The highest BCUT2D eigenvalue weighted by molar-refractivity contribution is 14.1. The zero-order chi connectivity index (χ0) is 13.3. The van der Waals surface area contributed by atoms with Crippen molar-refractivity contribution < 1.29 is 4.21 Å². The van der Waals surface area contributed by atoms with Crippen LogP contribution >= 0.6 is 34.2 Å². The molecule has 2 atom stereocenters. The minimum Gasteiger partial charge on any atom is -0.323 e. The molecule has 1 heterocycles. The van der Waals surface area contributed by atoms with E-state index in [9.17, 15) is 4.21 Å². The van der Waals surface area contributed by atoms with Crippen molar-refractivity contribution in [2.24, 2.45) is 0 Å². The van der Waals surface area contributed by atoms with Crippen LogP contribution in [0.3, 0.4) is 0 Å². The highest BCUT2D eigenvalue weighted by atomic mass is 127. The number of halogens is 2. The first kappa shape index (κ1) is 14.3. The third kappa shape index (κ3) is 2.88. The largest absolute Gasteiger partial charge is 0.323 e. The van der Waals surface area contributed by atoms with Gasteiger partial charge in [0.2, 0.25) is 0 Å². The Balaban J connectivity index is 2.56. The van der Waals surface area contributed by atoms with Gasteiger partial charge in [0.15, 0.2) is 0 Å². The summed E-state index contributed by atoms with van der Waals surface area (Å²) < 4.78 is 14.6. The number of nitrogens with zero attached hydrogens (tertiary/aromatic N) is 2. The molecule has 0 aliphatic rings. The van der Waals surface area contributed by atoms with E-state index in [2.05, 4.69) is 51.2 Å². The minimum absolute atomic E-state index is 0.134. The quantitative estimate of drug-likeness (QED) is 0.587. The predicted molar refractivity (Wildman–Crippen MR) is 85.7 cm³/mol. The van der Waals surface area contributed by atoms with Crippen LogP contribution < -0.4 is 0 Å². The standard InChI is InChI=1S/C12H14ClIN2OS/c1-8(7-18(2)17)16-11-4-3-9(14)5-10(11)15-12(16)6-13/h3-5,8H,6-7H2,1-2H3. The topological polar surface area (TPSA) is 34.9 Å². The van der Waals surface area contributed by atoms with Crippen LogP contribution in [0.4, 0.5) is 0 Å². The van der Waals surface area contributed by atoms with Gasteiger partial charge < -0.3 is 4.57 Å². The van der Waals surface area contributed by atoms with Crippen LogP contribution in [-0.4, -0.2) is 25.8 Å². The zero-order valence-corrected chi connectivity index (χ0v) is 13.9. The molecule has 0 N–H and O–H groups in total. The summed E-state index contributed by atoms with van der Waals surface area (Å²) in [4.78, 5) is 4.55. The number of aromatic nitrogens is 2. The molecule has 0 bridgehead atoms. The third-order valence-electron chi connectivity index (χ3n) is 2.76. The normalized spacial score (nSPS) is 14.9. The number of alkyl halides is 1. The van der Waals surface area contributed by atoms with Crippen molar-refractivity contribution in [3.8, 4) is 0 Å². The molecule has 6 heteroatoms. The van der Waals surface area contributed by atoms with Crippen molar-refractivity contribution in [2.45, 2.75) is 18.8 Å². The first-order valence-corrected chi connectivity index (χ1v) is 8.89. The Kier molecular flexibility index (Phi) is 4.66. The summed E-state index contributed by atoms with van der Waals surface area (Å²) in [5.41, 5.74) is 2.01. The van der Waals surface area contributed by atoms with Crippen LogP contribution in [0.1, 0.15) is 18.8 Å². The molecule has 2 unspecified atom stereocenters. The summed E-state index contributed by atoms with van der Waals surface area (Å²) in [6.07, 6.45) is 1.72. The number of hydrogen-bond acceptors (Lipinski definition) is 2. The number of imidazole rings is 1. The molecule has 0 fully saturated rings. The van der Waals surface area contributed by atoms with Gasteiger partial charge in [-0.3, -0.25) is 4.21 Å². The highest BCUT2D eigenvalue weighted by Crippen LogP contribution is 2.24. The third-order valence-corrected chi connectivity index (χ3v) is 4.62. The lowest BCUT2D eigenvalue weighted by Crippen LogP contribution is -2.15. The molecule has 18 heavy (non-hydrogen) atoms. The molecule has 0 aliphatic heterocycles. The van der Waals surface area contributed by atoms with Gasteiger partial charge in [0.05, 0.1) is 16.9 Å². The van der Waals surface area contributed by atoms with E-state index in [-0.39, 0.29) is 6.04 Å². The van der Waals surface area contributed by atoms with Gasteiger partial charge in [-0.05, 0) is 47.7 Å². The maximum absolute atomic E-state index is 11.4. The summed E-state index contributed by atoms with van der Waals surface area (Å²) >= 11 is 8.23. The van der Waals surface area contributed by atoms with Crippen LogP contribution in [0, 0.1) is 3.57 Å². The van der Waals surface area contributed by atoms with E-state index in [1.807, 2.05) is 6.07 Å². The molecule has 0 aliphatic carbocycles. The van der Waals surface area contributed by atoms with E-state index in [0.29, 0.717) is 11.6 Å². The van der Waals surface area contributed by atoms with Gasteiger partial charge in [-0.1, -0.05) is 0 Å². The second-order valence-corrected chi connectivity index (χ2v) is 7.25. The average molecular weight is 397 g/mol. The lowest BCUT2D eigenvalue weighted by Gasteiger charge is -2.15. The highest BCUT2D eigenvalue weighted by Gasteiger charge is 2.16. The van der Waals surface area contributed by atoms with Gasteiger partial charge in [0.1, 0.15) is 5.82 Å². The summed E-state index contributed by atoms with van der Waals surface area (Å²) in [7, 11) is -0.831. The second kappa shape index (κ2) is 5.88. The molecule has 0 saturated heterocycles. The van der Waals surface area contributed by atoms with E-state index >= 15 is 0 Å². The number of fused-ring (bicyclic) bond motifs is 1. The van der Waals surface area contributed by atoms with Crippen molar-refractivity contribution in [2.75, 3.05) is 12.0 Å². The van der Waals surface area contributed by atoms with E-state index in [1.165, 1.54) is 0 Å². The molecule has 0 amide bonds. The average Bonchev–Trinajstić information content (AvgIpc) is 2.65. The summed E-state index contributed by atoms with van der Waals surface area (Å²) in [6, 6.07) is 6.27. The molecule has 2 aromatic rings. The van der Waals surface area contributed by atoms with Gasteiger partial charge in [-0.25, -0.2) is 4.98 Å². The van der Waals surface area contributed by atoms with Crippen molar-refractivity contribution in [3.05, 3.63) is 27.6 Å². The van der Waals surface area contributed by atoms with Crippen LogP contribution in [-0.2, 0) is 16.7 Å². The van der Waals surface area contributed by atoms with E-state index in [4.69, 9.17) is 11.6 Å². The molecule has 1 aromatic carbocycles. The van der Waals surface area contributed by atoms with Gasteiger partial charge >= 0.3 is 0 Å². The summed E-state index contributed by atoms with van der Waals surface area (Å²) in [5, 5.41) is 0. The van der Waals surface area contributed by atoms with Crippen LogP contribution in [0.2, 0.25) is 0 Å². The Morgan fingerprint density at radius 3 is 2.89 bits per heavy atom. The Bertz CT molecular complexity index is 599. The predicted octanol–water partition coefficient (Wildman–Crippen LogP) is 3.32. The first-order chi connectivity index (χ1) is 8.52. The molecule has 0 radical (unpaired) electrons. The fourth-order valence-corrected chi connectivity index (χ4v) is 3.61. The van der Waals surface area contributed by atoms with E-state index in [0.717, 1.165) is 20.4 Å². The first-order valence-electron chi connectivity index (χ1n) is 5.55. The molecule has 98 valence electrons. The smallest absolute Gasteiger partial charge is 0.125 e. The molecule has 1 aromatic heterocycles. The Hall–Kier alpha value is -0.140. The lowest BCUT2D eigenvalue weighted by atomic mass is 10.3. The van der Waals surface area contributed by atoms with E-state index in [1.54, 1.807) is 6.26 Å².